The highest BCUT2D eigenvalue weighted by Crippen LogP contribution is 2.19. The molecule has 0 aromatic heterocycles. The van der Waals surface area contributed by atoms with E-state index in [0.717, 1.165) is 6.61 Å². The minimum atomic E-state index is -0.997. The average Bonchev–Trinajstić information content (AvgIpc) is 2.24. The Bertz CT molecular complexity index is 313. The van der Waals surface area contributed by atoms with Gasteiger partial charge in [0.1, 0.15) is 6.10 Å². The first kappa shape index (κ1) is 13.2. The Hall–Kier alpha value is -0.863. The highest BCUT2D eigenvalue weighted by atomic mass is 28.3. The molecule has 0 aliphatic heterocycles. The monoisotopic (exact) mass is 234 g/mol. The zero-order chi connectivity index (χ0) is 12.0. The van der Waals surface area contributed by atoms with Gasteiger partial charge in [0, 0.05) is 14.7 Å². The van der Waals surface area contributed by atoms with Crippen LogP contribution < -0.4 is 0 Å². The highest BCUT2D eigenvalue weighted by molar-refractivity contribution is 6.76. The van der Waals surface area contributed by atoms with Gasteiger partial charge in [0.2, 0.25) is 0 Å². The van der Waals surface area contributed by atoms with Crippen molar-refractivity contribution in [1.29, 1.82) is 0 Å². The third-order valence-electron chi connectivity index (χ3n) is 2.49. The molecule has 1 aromatic carbocycles. The molecule has 0 N–H and O–H groups in total. The van der Waals surface area contributed by atoms with E-state index in [9.17, 15) is 0 Å². The van der Waals surface area contributed by atoms with Crippen molar-refractivity contribution in [3.63, 3.8) is 0 Å². The fourth-order valence-electron chi connectivity index (χ4n) is 1.44. The largest absolute Gasteiger partial charge is 0.370 e. The Balaban J connectivity index is 2.48. The normalized spacial score (nSPS) is 13.4. The number of hydrogen-bond donors (Lipinski definition) is 0. The van der Waals surface area contributed by atoms with Gasteiger partial charge in [-0.05, 0) is 11.6 Å². The molecular weight excluding hydrogens is 212 g/mol. The molecule has 1 unspecified atom stereocenters. The second-order valence-corrected chi connectivity index (χ2v) is 10.9. The lowest BCUT2D eigenvalue weighted by Crippen LogP contribution is -2.22. The first-order valence-corrected chi connectivity index (χ1v) is 9.53. The second kappa shape index (κ2) is 6.02. The molecule has 0 heterocycles. The van der Waals surface area contributed by atoms with Crippen LogP contribution >= 0.6 is 0 Å². The lowest BCUT2D eigenvalue weighted by atomic mass is 10.1. The summed E-state index contributed by atoms with van der Waals surface area (Å²) in [5.41, 5.74) is 1.19. The third-order valence-corrected chi connectivity index (χ3v) is 4.20. The van der Waals surface area contributed by atoms with E-state index in [1.165, 1.54) is 11.6 Å². The molecule has 0 fully saturated rings. The van der Waals surface area contributed by atoms with E-state index in [4.69, 9.17) is 4.74 Å². The minimum absolute atomic E-state index is 0.0394. The van der Waals surface area contributed by atoms with Crippen molar-refractivity contribution >= 4 is 8.07 Å². The van der Waals surface area contributed by atoms with Gasteiger partial charge in [-0.25, -0.2) is 0 Å². The predicted octanol–water partition coefficient (Wildman–Crippen LogP) is 4.27. The van der Waals surface area contributed by atoms with E-state index in [-0.39, 0.29) is 6.10 Å². The Morgan fingerprint density at radius 1 is 1.25 bits per heavy atom. The molecule has 1 rings (SSSR count). The number of ether oxygens (including phenoxy) is 1. The van der Waals surface area contributed by atoms with E-state index in [0.29, 0.717) is 0 Å². The zero-order valence-corrected chi connectivity index (χ0v) is 11.6. The molecule has 0 saturated carbocycles. The van der Waals surface area contributed by atoms with Gasteiger partial charge < -0.3 is 4.74 Å². The van der Waals surface area contributed by atoms with Crippen LogP contribution in [0.5, 0.6) is 0 Å². The van der Waals surface area contributed by atoms with Crippen molar-refractivity contribution < 1.29 is 4.74 Å². The van der Waals surface area contributed by atoms with E-state index in [2.05, 4.69) is 38.4 Å². The maximum absolute atomic E-state index is 5.87. The van der Waals surface area contributed by atoms with Crippen molar-refractivity contribution in [2.45, 2.75) is 31.8 Å². The van der Waals surface area contributed by atoms with Crippen LogP contribution in [0.2, 0.25) is 25.7 Å². The van der Waals surface area contributed by atoms with Gasteiger partial charge in [-0.15, -0.1) is 6.58 Å². The van der Waals surface area contributed by atoms with Crippen LogP contribution in [0.4, 0.5) is 0 Å². The van der Waals surface area contributed by atoms with Crippen LogP contribution in [0.15, 0.2) is 43.0 Å². The molecule has 1 aromatic rings. The van der Waals surface area contributed by atoms with E-state index >= 15 is 0 Å². The van der Waals surface area contributed by atoms with Gasteiger partial charge in [0.05, 0.1) is 0 Å². The fraction of sp³-hybridized carbons (Fsp3) is 0.429. The second-order valence-electron chi connectivity index (χ2n) is 5.25. The summed E-state index contributed by atoms with van der Waals surface area (Å²) in [5.74, 6) is 0. The Kier molecular flexibility index (Phi) is 4.96. The zero-order valence-electron chi connectivity index (χ0n) is 10.6. The molecule has 0 spiro atoms. The van der Waals surface area contributed by atoms with E-state index < -0.39 is 8.07 Å². The van der Waals surface area contributed by atoms with Crippen LogP contribution in [0.25, 0.3) is 0 Å². The summed E-state index contributed by atoms with van der Waals surface area (Å²) in [7, 11) is -0.997. The first-order chi connectivity index (χ1) is 7.53. The van der Waals surface area contributed by atoms with Crippen LogP contribution in [-0.4, -0.2) is 14.7 Å². The van der Waals surface area contributed by atoms with Gasteiger partial charge >= 0.3 is 0 Å². The molecule has 0 bridgehead atoms. The van der Waals surface area contributed by atoms with Crippen LogP contribution in [0.1, 0.15) is 11.7 Å². The summed E-state index contributed by atoms with van der Waals surface area (Å²) in [5, 5.41) is 0. The third kappa shape index (κ3) is 4.77. The van der Waals surface area contributed by atoms with Gasteiger partial charge in [0.25, 0.3) is 0 Å². The average molecular weight is 234 g/mol. The Morgan fingerprint density at radius 2 is 1.88 bits per heavy atom. The SMILES string of the molecule is C=CC(OCC[Si](C)(C)C)c1ccccc1. The van der Waals surface area contributed by atoms with Crippen LogP contribution in [0.3, 0.4) is 0 Å². The van der Waals surface area contributed by atoms with Crippen molar-refractivity contribution in [2.75, 3.05) is 6.61 Å². The molecule has 0 saturated heterocycles. The van der Waals surface area contributed by atoms with Crippen molar-refractivity contribution in [2.24, 2.45) is 0 Å². The summed E-state index contributed by atoms with van der Waals surface area (Å²) < 4.78 is 5.87. The topological polar surface area (TPSA) is 9.23 Å². The maximum atomic E-state index is 5.87. The number of hydrogen-bond acceptors (Lipinski definition) is 1. The van der Waals surface area contributed by atoms with Gasteiger partial charge in [-0.2, -0.15) is 0 Å². The van der Waals surface area contributed by atoms with Crippen molar-refractivity contribution in [1.82, 2.24) is 0 Å². The fourth-order valence-corrected chi connectivity index (χ4v) is 2.17. The molecule has 0 amide bonds. The van der Waals surface area contributed by atoms with Gasteiger partial charge in [-0.3, -0.25) is 0 Å². The quantitative estimate of drug-likeness (QED) is 0.527. The lowest BCUT2D eigenvalue weighted by molar-refractivity contribution is 0.0964. The Morgan fingerprint density at radius 3 is 2.38 bits per heavy atom. The molecule has 1 atom stereocenters. The van der Waals surface area contributed by atoms with Crippen molar-refractivity contribution in [3.8, 4) is 0 Å². The highest BCUT2D eigenvalue weighted by Gasteiger charge is 2.14. The number of rotatable bonds is 6. The van der Waals surface area contributed by atoms with Gasteiger partial charge in [-0.1, -0.05) is 56.0 Å². The lowest BCUT2D eigenvalue weighted by Gasteiger charge is -2.19. The molecule has 0 aliphatic carbocycles. The first-order valence-electron chi connectivity index (χ1n) is 5.82. The van der Waals surface area contributed by atoms with Crippen molar-refractivity contribution in [3.05, 3.63) is 48.6 Å². The molecule has 16 heavy (non-hydrogen) atoms. The summed E-state index contributed by atoms with van der Waals surface area (Å²) in [6.45, 7) is 11.8. The van der Waals surface area contributed by atoms with E-state index in [1.54, 1.807) is 0 Å². The Labute approximate surface area is 100 Å². The van der Waals surface area contributed by atoms with Crippen LogP contribution in [0, 0.1) is 0 Å². The minimum Gasteiger partial charge on any atom is -0.370 e. The summed E-state index contributed by atoms with van der Waals surface area (Å²) >= 11 is 0. The standard InChI is InChI=1S/C14H22OSi/c1-5-14(13-9-7-6-8-10-13)15-11-12-16(2,3)4/h5-10,14H,1,11-12H2,2-4H3. The maximum Gasteiger partial charge on any atom is 0.100 e. The molecule has 0 radical (unpaired) electrons. The predicted molar refractivity (Wildman–Crippen MR) is 73.5 cm³/mol. The smallest absolute Gasteiger partial charge is 0.100 e. The molecule has 0 aliphatic rings. The summed E-state index contributed by atoms with van der Waals surface area (Å²) in [4.78, 5) is 0. The molecular formula is C14H22OSi. The molecule has 88 valence electrons. The summed E-state index contributed by atoms with van der Waals surface area (Å²) in [6.07, 6.45) is 1.91. The van der Waals surface area contributed by atoms with Crippen LogP contribution in [-0.2, 0) is 4.74 Å². The molecule has 2 heteroatoms. The molecule has 1 nitrogen and oxygen atoms in total. The van der Waals surface area contributed by atoms with E-state index in [1.807, 2.05) is 24.3 Å². The van der Waals surface area contributed by atoms with Gasteiger partial charge in [0.15, 0.2) is 0 Å². The number of benzene rings is 1. The summed E-state index contributed by atoms with van der Waals surface area (Å²) in [6, 6.07) is 11.5.